The monoisotopic (exact) mass is 403 g/mol. The summed E-state index contributed by atoms with van der Waals surface area (Å²) in [4.78, 5) is 24.9. The molecule has 0 heterocycles. The minimum Gasteiger partial charge on any atom is -0.352 e. The zero-order valence-electron chi connectivity index (χ0n) is 16.2. The molecular weight excluding hydrogens is 378 g/mol. The number of nitrogens with one attached hydrogen (secondary N) is 2. The van der Waals surface area contributed by atoms with Gasteiger partial charge in [0.05, 0.1) is 23.2 Å². The first-order valence-electron chi connectivity index (χ1n) is 8.88. The molecule has 2 N–H and O–H groups in total. The van der Waals surface area contributed by atoms with Crippen LogP contribution < -0.4 is 14.9 Å². The maximum absolute atomic E-state index is 12.5. The van der Waals surface area contributed by atoms with E-state index in [1.54, 1.807) is 54.6 Å². The summed E-state index contributed by atoms with van der Waals surface area (Å²) >= 11 is 0. The summed E-state index contributed by atoms with van der Waals surface area (Å²) in [6.07, 6.45) is 1.04. The Morgan fingerprint density at radius 2 is 1.61 bits per heavy atom. The first kappa shape index (κ1) is 21.4. The van der Waals surface area contributed by atoms with E-state index in [0.29, 0.717) is 29.4 Å². The molecule has 0 aliphatic rings. The molecule has 2 rings (SSSR count). The molecule has 7 nitrogen and oxygen atoms in total. The third kappa shape index (κ3) is 6.09. The zero-order valence-corrected chi connectivity index (χ0v) is 17.0. The lowest BCUT2D eigenvalue weighted by molar-refractivity contribution is -0.114. The summed E-state index contributed by atoms with van der Waals surface area (Å²) in [6, 6.07) is 15.0. The Bertz CT molecular complexity index is 927. The van der Waals surface area contributed by atoms with Crippen LogP contribution in [0, 0.1) is 5.92 Å². The van der Waals surface area contributed by atoms with Gasteiger partial charge in [-0.3, -0.25) is 13.9 Å². The van der Waals surface area contributed by atoms with Gasteiger partial charge >= 0.3 is 0 Å². The van der Waals surface area contributed by atoms with Crippen molar-refractivity contribution in [2.24, 2.45) is 5.92 Å². The van der Waals surface area contributed by atoms with Gasteiger partial charge in [0.2, 0.25) is 15.9 Å². The second-order valence-corrected chi connectivity index (χ2v) is 8.71. The van der Waals surface area contributed by atoms with Crippen LogP contribution in [0.15, 0.2) is 54.6 Å². The third-order valence-corrected chi connectivity index (χ3v) is 4.99. The topological polar surface area (TPSA) is 95.6 Å². The Labute approximate surface area is 165 Å². The van der Waals surface area contributed by atoms with Crippen molar-refractivity contribution >= 4 is 33.2 Å². The Balaban J connectivity index is 2.17. The molecule has 0 aliphatic heterocycles. The highest BCUT2D eigenvalue weighted by molar-refractivity contribution is 7.92. The van der Waals surface area contributed by atoms with Gasteiger partial charge in [-0.05, 0) is 30.2 Å². The average Bonchev–Trinajstić information content (AvgIpc) is 2.64. The highest BCUT2D eigenvalue weighted by atomic mass is 32.2. The molecule has 2 aromatic rings. The Morgan fingerprint density at radius 3 is 2.21 bits per heavy atom. The van der Waals surface area contributed by atoms with E-state index in [-0.39, 0.29) is 5.91 Å². The standard InChI is InChI=1S/C20H25N3O4S/c1-15(2)13-21-20(25)17-11-7-8-12-18(17)22-19(24)14-23(28(3,26)27)16-9-5-4-6-10-16/h4-12,15H,13-14H2,1-3H3,(H,21,25)(H,22,24). The van der Waals surface area contributed by atoms with Crippen molar-refractivity contribution in [1.29, 1.82) is 0 Å². The molecule has 28 heavy (non-hydrogen) atoms. The van der Waals surface area contributed by atoms with E-state index >= 15 is 0 Å². The van der Waals surface area contributed by atoms with Gasteiger partial charge in [-0.1, -0.05) is 44.2 Å². The molecule has 2 aromatic carbocycles. The number of carbonyl (C=O) groups excluding carboxylic acids is 2. The van der Waals surface area contributed by atoms with E-state index in [1.165, 1.54) is 0 Å². The van der Waals surface area contributed by atoms with Crippen LogP contribution >= 0.6 is 0 Å². The largest absolute Gasteiger partial charge is 0.352 e. The molecule has 0 aromatic heterocycles. The lowest BCUT2D eigenvalue weighted by Crippen LogP contribution is -2.37. The Kier molecular flexibility index (Phi) is 7.17. The number of anilines is 2. The molecule has 8 heteroatoms. The van der Waals surface area contributed by atoms with Crippen LogP contribution in [-0.2, 0) is 14.8 Å². The predicted molar refractivity (Wildman–Crippen MR) is 111 cm³/mol. The molecule has 0 aliphatic carbocycles. The number of rotatable bonds is 8. The molecule has 0 unspecified atom stereocenters. The second-order valence-electron chi connectivity index (χ2n) is 6.80. The van der Waals surface area contributed by atoms with E-state index in [4.69, 9.17) is 0 Å². The van der Waals surface area contributed by atoms with Crippen molar-refractivity contribution in [3.8, 4) is 0 Å². The van der Waals surface area contributed by atoms with Crippen molar-refractivity contribution < 1.29 is 18.0 Å². The zero-order chi connectivity index (χ0) is 20.7. The van der Waals surface area contributed by atoms with Gasteiger partial charge in [-0.15, -0.1) is 0 Å². The third-order valence-electron chi connectivity index (χ3n) is 3.85. The first-order chi connectivity index (χ1) is 13.2. The van der Waals surface area contributed by atoms with Crippen molar-refractivity contribution in [2.75, 3.05) is 29.0 Å². The van der Waals surface area contributed by atoms with Crippen LogP contribution in [0.2, 0.25) is 0 Å². The van der Waals surface area contributed by atoms with Crippen molar-refractivity contribution in [3.63, 3.8) is 0 Å². The van der Waals surface area contributed by atoms with Crippen LogP contribution in [-0.4, -0.2) is 39.6 Å². The SMILES string of the molecule is CC(C)CNC(=O)c1ccccc1NC(=O)CN(c1ccccc1)S(C)(=O)=O. The minimum atomic E-state index is -3.66. The fourth-order valence-corrected chi connectivity index (χ4v) is 3.35. The Morgan fingerprint density at radius 1 is 1.00 bits per heavy atom. The van der Waals surface area contributed by atoms with Crippen LogP contribution in [0.1, 0.15) is 24.2 Å². The van der Waals surface area contributed by atoms with E-state index in [1.807, 2.05) is 13.8 Å². The minimum absolute atomic E-state index is 0.292. The van der Waals surface area contributed by atoms with Gasteiger partial charge in [0.1, 0.15) is 6.54 Å². The molecule has 0 saturated carbocycles. The molecule has 150 valence electrons. The molecule has 2 amide bonds. The molecule has 0 radical (unpaired) electrons. The summed E-state index contributed by atoms with van der Waals surface area (Å²) in [6.45, 7) is 4.08. The quantitative estimate of drug-likeness (QED) is 0.708. The summed E-state index contributed by atoms with van der Waals surface area (Å²) in [5.74, 6) is -0.550. The number of amides is 2. The number of carbonyl (C=O) groups is 2. The highest BCUT2D eigenvalue weighted by Crippen LogP contribution is 2.18. The van der Waals surface area contributed by atoms with Crippen molar-refractivity contribution in [2.45, 2.75) is 13.8 Å². The lowest BCUT2D eigenvalue weighted by atomic mass is 10.1. The van der Waals surface area contributed by atoms with Gasteiger partial charge in [-0.25, -0.2) is 8.42 Å². The number of hydrogen-bond donors (Lipinski definition) is 2. The maximum atomic E-state index is 12.5. The van der Waals surface area contributed by atoms with Gasteiger partial charge in [-0.2, -0.15) is 0 Å². The summed E-state index contributed by atoms with van der Waals surface area (Å²) in [5.41, 5.74) is 1.04. The number of benzene rings is 2. The first-order valence-corrected chi connectivity index (χ1v) is 10.7. The van der Waals surface area contributed by atoms with Crippen LogP contribution in [0.3, 0.4) is 0 Å². The highest BCUT2D eigenvalue weighted by Gasteiger charge is 2.21. The average molecular weight is 404 g/mol. The smallest absolute Gasteiger partial charge is 0.253 e. The molecule has 0 fully saturated rings. The Hall–Kier alpha value is -2.87. The van der Waals surface area contributed by atoms with Gasteiger partial charge in [0.25, 0.3) is 5.91 Å². The molecule has 0 spiro atoms. The van der Waals surface area contributed by atoms with Crippen molar-refractivity contribution in [1.82, 2.24) is 5.32 Å². The summed E-state index contributed by atoms with van der Waals surface area (Å²) in [7, 11) is -3.66. The molecule has 0 bridgehead atoms. The number of nitrogens with zero attached hydrogens (tertiary/aromatic N) is 1. The normalized spacial score (nSPS) is 11.1. The fraction of sp³-hybridized carbons (Fsp3) is 0.300. The van der Waals surface area contributed by atoms with E-state index in [0.717, 1.165) is 10.6 Å². The summed E-state index contributed by atoms with van der Waals surface area (Å²) < 4.78 is 25.3. The second kappa shape index (κ2) is 9.36. The van der Waals surface area contributed by atoms with Gasteiger partial charge in [0.15, 0.2) is 0 Å². The van der Waals surface area contributed by atoms with E-state index in [2.05, 4.69) is 10.6 Å². The van der Waals surface area contributed by atoms with E-state index in [9.17, 15) is 18.0 Å². The summed E-state index contributed by atoms with van der Waals surface area (Å²) in [5, 5.41) is 5.45. The van der Waals surface area contributed by atoms with Crippen LogP contribution in [0.4, 0.5) is 11.4 Å². The van der Waals surface area contributed by atoms with Gasteiger partial charge in [0, 0.05) is 6.54 Å². The van der Waals surface area contributed by atoms with Crippen LogP contribution in [0.25, 0.3) is 0 Å². The lowest BCUT2D eigenvalue weighted by Gasteiger charge is -2.22. The number of para-hydroxylation sites is 2. The van der Waals surface area contributed by atoms with Gasteiger partial charge < -0.3 is 10.6 Å². The fourth-order valence-electron chi connectivity index (χ4n) is 2.50. The maximum Gasteiger partial charge on any atom is 0.253 e. The van der Waals surface area contributed by atoms with E-state index < -0.39 is 22.5 Å². The van der Waals surface area contributed by atoms with Crippen LogP contribution in [0.5, 0.6) is 0 Å². The number of hydrogen-bond acceptors (Lipinski definition) is 4. The molecular formula is C20H25N3O4S. The molecule has 0 atom stereocenters. The molecule has 0 saturated heterocycles. The number of sulfonamides is 1. The van der Waals surface area contributed by atoms with Crippen molar-refractivity contribution in [3.05, 3.63) is 60.2 Å². The predicted octanol–water partition coefficient (Wildman–Crippen LogP) is 2.48.